The fourth-order valence-electron chi connectivity index (χ4n) is 3.91. The van der Waals surface area contributed by atoms with Crippen molar-refractivity contribution in [3.05, 3.63) is 46.1 Å². The van der Waals surface area contributed by atoms with Gasteiger partial charge in [0.1, 0.15) is 58.7 Å². The number of aromatic hydroxyl groups is 3. The summed E-state index contributed by atoms with van der Waals surface area (Å²) in [6.45, 7) is -0.712. The van der Waals surface area contributed by atoms with Gasteiger partial charge in [-0.05, 0) is 18.2 Å². The Bertz CT molecular complexity index is 1250. The van der Waals surface area contributed by atoms with Gasteiger partial charge in [0.2, 0.25) is 0 Å². The zero-order chi connectivity index (χ0) is 24.0. The lowest BCUT2D eigenvalue weighted by molar-refractivity contribution is -0.232. The average molecular weight is 462 g/mol. The largest absolute Gasteiger partial charge is 0.507 e. The molecule has 1 fully saturated rings. The first-order valence-corrected chi connectivity index (χ1v) is 9.88. The van der Waals surface area contributed by atoms with Gasteiger partial charge in [-0.1, -0.05) is 0 Å². The van der Waals surface area contributed by atoms with Crippen LogP contribution in [0.1, 0.15) is 11.7 Å². The predicted molar refractivity (Wildman–Crippen MR) is 112 cm³/mol. The Balaban J connectivity index is 1.84. The summed E-state index contributed by atoms with van der Waals surface area (Å²) in [5.41, 5.74) is -0.994. The fourth-order valence-corrected chi connectivity index (χ4v) is 3.91. The molecule has 1 saturated heterocycles. The van der Waals surface area contributed by atoms with Gasteiger partial charge in [0.15, 0.2) is 16.9 Å². The summed E-state index contributed by atoms with van der Waals surface area (Å²) in [6, 6.07) is 6.40. The molecule has 2 unspecified atom stereocenters. The number of phenolic OH excluding ortho intramolecular Hbond substituents is 3. The second-order valence-electron chi connectivity index (χ2n) is 7.64. The molecule has 1 aromatic heterocycles. The first-order valence-electron chi connectivity index (χ1n) is 9.88. The van der Waals surface area contributed by atoms with Crippen LogP contribution < -0.4 is 10.2 Å². The normalized spacial score (nSPS) is 25.3. The van der Waals surface area contributed by atoms with Crippen molar-refractivity contribution in [3.63, 3.8) is 0 Å². The Morgan fingerprint density at radius 1 is 0.970 bits per heavy atom. The second-order valence-corrected chi connectivity index (χ2v) is 7.64. The summed E-state index contributed by atoms with van der Waals surface area (Å²) in [5.74, 6) is -1.33. The molecule has 7 N–H and O–H groups in total. The summed E-state index contributed by atoms with van der Waals surface area (Å²) in [5, 5.41) is 70.7. The molecule has 11 heteroatoms. The lowest BCUT2D eigenvalue weighted by atomic mass is 9.89. The van der Waals surface area contributed by atoms with E-state index < -0.39 is 59.6 Å². The van der Waals surface area contributed by atoms with Gasteiger partial charge in [-0.2, -0.15) is 0 Å². The molecule has 0 spiro atoms. The molecule has 176 valence electrons. The highest BCUT2D eigenvalue weighted by Gasteiger charge is 2.46. The Morgan fingerprint density at radius 3 is 2.33 bits per heavy atom. The van der Waals surface area contributed by atoms with Crippen LogP contribution in [0.4, 0.5) is 0 Å². The number of aliphatic hydroxyl groups is 4. The number of benzene rings is 2. The fraction of sp³-hybridized carbons (Fsp3) is 0.318. The minimum atomic E-state index is -1.79. The van der Waals surface area contributed by atoms with Crippen molar-refractivity contribution in [1.29, 1.82) is 0 Å². The molecule has 11 nitrogen and oxygen atoms in total. The third-order valence-corrected chi connectivity index (χ3v) is 5.65. The first-order chi connectivity index (χ1) is 15.7. The first kappa shape index (κ1) is 22.8. The van der Waals surface area contributed by atoms with E-state index in [4.69, 9.17) is 13.9 Å². The molecular formula is C22H22O11. The Kier molecular flexibility index (Phi) is 5.91. The van der Waals surface area contributed by atoms with E-state index in [2.05, 4.69) is 0 Å². The van der Waals surface area contributed by atoms with Crippen LogP contribution in [0.3, 0.4) is 0 Å². The van der Waals surface area contributed by atoms with Crippen molar-refractivity contribution in [2.75, 3.05) is 13.7 Å². The van der Waals surface area contributed by atoms with Gasteiger partial charge in [0.25, 0.3) is 0 Å². The van der Waals surface area contributed by atoms with E-state index in [0.29, 0.717) is 5.56 Å². The molecule has 2 aromatic carbocycles. The molecule has 0 amide bonds. The summed E-state index contributed by atoms with van der Waals surface area (Å²) < 4.78 is 16.0. The van der Waals surface area contributed by atoms with Gasteiger partial charge >= 0.3 is 0 Å². The van der Waals surface area contributed by atoms with Crippen molar-refractivity contribution in [2.24, 2.45) is 0 Å². The van der Waals surface area contributed by atoms with E-state index in [9.17, 15) is 40.5 Å². The van der Waals surface area contributed by atoms with Crippen LogP contribution >= 0.6 is 0 Å². The maximum atomic E-state index is 12.8. The highest BCUT2D eigenvalue weighted by atomic mass is 16.5. The number of methoxy groups -OCH3 is 1. The van der Waals surface area contributed by atoms with Gasteiger partial charge in [-0.3, -0.25) is 4.79 Å². The molecule has 0 aliphatic carbocycles. The van der Waals surface area contributed by atoms with E-state index in [1.165, 1.54) is 25.3 Å². The standard InChI is InChI=1S/C22H22O11/c1-31-12-3-2-8(4-9(12)24)13-5-10(25)16-14(32-13)6-11(26)17(19(16)28)22-21(30)20(29)18(27)15(7-23)33-22/h2-6,15,18,20-24,26-30H,7H2,1H3/t15?,18-,20+,21?,22+/m1/s1. The number of ether oxygens (including phenoxy) is 2. The van der Waals surface area contributed by atoms with Crippen LogP contribution in [-0.4, -0.2) is 73.9 Å². The molecule has 33 heavy (non-hydrogen) atoms. The summed E-state index contributed by atoms with van der Waals surface area (Å²) >= 11 is 0. The number of fused-ring (bicyclic) bond motifs is 1. The highest BCUT2D eigenvalue weighted by molar-refractivity contribution is 5.88. The third-order valence-electron chi connectivity index (χ3n) is 5.65. The molecule has 5 atom stereocenters. The Morgan fingerprint density at radius 2 is 1.70 bits per heavy atom. The summed E-state index contributed by atoms with van der Waals surface area (Å²) in [6.07, 6.45) is -8.03. The third kappa shape index (κ3) is 3.75. The zero-order valence-corrected chi connectivity index (χ0v) is 17.2. The summed E-state index contributed by atoms with van der Waals surface area (Å²) in [7, 11) is 1.38. The van der Waals surface area contributed by atoms with E-state index in [1.807, 2.05) is 0 Å². The summed E-state index contributed by atoms with van der Waals surface area (Å²) in [4.78, 5) is 12.8. The average Bonchev–Trinajstić information content (AvgIpc) is 2.78. The van der Waals surface area contributed by atoms with E-state index in [1.54, 1.807) is 0 Å². The van der Waals surface area contributed by atoms with Crippen molar-refractivity contribution in [3.8, 4) is 34.3 Å². The van der Waals surface area contributed by atoms with Crippen LogP contribution in [0.2, 0.25) is 0 Å². The van der Waals surface area contributed by atoms with E-state index >= 15 is 0 Å². The quantitative estimate of drug-likeness (QED) is 0.278. The molecule has 1 aliphatic rings. The molecular weight excluding hydrogens is 440 g/mol. The molecule has 0 saturated carbocycles. The SMILES string of the molecule is COc1ccc(-c2cc(=O)c3c(O)c([C@@H]4OC(CO)[C@@H](O)[C@H](O)C4O)c(O)cc3o2)cc1O. The molecule has 3 aromatic rings. The van der Waals surface area contributed by atoms with Gasteiger partial charge in [0, 0.05) is 17.7 Å². The van der Waals surface area contributed by atoms with Gasteiger partial charge in [0.05, 0.1) is 19.3 Å². The van der Waals surface area contributed by atoms with E-state index in [0.717, 1.165) is 12.1 Å². The van der Waals surface area contributed by atoms with Crippen molar-refractivity contribution in [1.82, 2.24) is 0 Å². The van der Waals surface area contributed by atoms with Gasteiger partial charge < -0.3 is 49.6 Å². The van der Waals surface area contributed by atoms with Crippen LogP contribution in [0, 0.1) is 0 Å². The maximum absolute atomic E-state index is 12.8. The maximum Gasteiger partial charge on any atom is 0.197 e. The monoisotopic (exact) mass is 462 g/mol. The van der Waals surface area contributed by atoms with Gasteiger partial charge in [-0.25, -0.2) is 0 Å². The number of aliphatic hydroxyl groups excluding tert-OH is 4. The van der Waals surface area contributed by atoms with Crippen molar-refractivity contribution >= 4 is 11.0 Å². The molecule has 2 heterocycles. The lowest BCUT2D eigenvalue weighted by Crippen LogP contribution is -2.55. The predicted octanol–water partition coefficient (Wildman–Crippen LogP) is 0.100. The molecule has 1 aliphatic heterocycles. The van der Waals surface area contributed by atoms with Crippen molar-refractivity contribution in [2.45, 2.75) is 30.5 Å². The second kappa shape index (κ2) is 8.54. The Labute approximate surface area is 185 Å². The lowest BCUT2D eigenvalue weighted by Gasteiger charge is -2.40. The van der Waals surface area contributed by atoms with Crippen LogP contribution in [0.5, 0.6) is 23.0 Å². The minimum Gasteiger partial charge on any atom is -0.507 e. The number of hydrogen-bond donors (Lipinski definition) is 7. The number of phenols is 3. The van der Waals surface area contributed by atoms with Crippen LogP contribution in [0.25, 0.3) is 22.3 Å². The topological polar surface area (TPSA) is 190 Å². The molecule has 0 radical (unpaired) electrons. The highest BCUT2D eigenvalue weighted by Crippen LogP contribution is 2.44. The minimum absolute atomic E-state index is 0.0323. The Hall–Kier alpha value is -3.35. The van der Waals surface area contributed by atoms with Gasteiger partial charge in [-0.15, -0.1) is 0 Å². The molecule has 0 bridgehead atoms. The van der Waals surface area contributed by atoms with Crippen LogP contribution in [0.15, 0.2) is 39.5 Å². The zero-order valence-electron chi connectivity index (χ0n) is 17.2. The molecule has 4 rings (SSSR count). The van der Waals surface area contributed by atoms with Crippen molar-refractivity contribution < 1.29 is 49.6 Å². The van der Waals surface area contributed by atoms with Crippen LogP contribution in [-0.2, 0) is 4.74 Å². The number of rotatable bonds is 4. The number of hydrogen-bond acceptors (Lipinski definition) is 11. The smallest absolute Gasteiger partial charge is 0.197 e. The van der Waals surface area contributed by atoms with E-state index in [-0.39, 0.29) is 28.2 Å².